The van der Waals surface area contributed by atoms with Gasteiger partial charge >= 0.3 is 0 Å². The highest BCUT2D eigenvalue weighted by molar-refractivity contribution is 6.34. The van der Waals surface area contributed by atoms with E-state index in [9.17, 15) is 14.9 Å². The molecular formula is C20H14Cl2N2O4. The molecule has 0 heterocycles. The van der Waals surface area contributed by atoms with Crippen LogP contribution in [-0.4, -0.2) is 10.8 Å². The van der Waals surface area contributed by atoms with Crippen molar-refractivity contribution in [3.63, 3.8) is 0 Å². The van der Waals surface area contributed by atoms with E-state index < -0.39 is 4.92 Å². The fourth-order valence-corrected chi connectivity index (χ4v) is 2.71. The first-order valence-electron chi connectivity index (χ1n) is 8.15. The van der Waals surface area contributed by atoms with E-state index in [4.69, 9.17) is 27.9 Å². The molecule has 142 valence electrons. The van der Waals surface area contributed by atoms with Gasteiger partial charge in [-0.1, -0.05) is 35.3 Å². The normalized spacial score (nSPS) is 10.4. The summed E-state index contributed by atoms with van der Waals surface area (Å²) in [5.74, 6) is 0.319. The first kappa shape index (κ1) is 19.7. The van der Waals surface area contributed by atoms with Crippen molar-refractivity contribution in [3.05, 3.63) is 98.0 Å². The topological polar surface area (TPSA) is 81.5 Å². The minimum Gasteiger partial charge on any atom is -0.489 e. The van der Waals surface area contributed by atoms with Crippen LogP contribution in [0.5, 0.6) is 5.75 Å². The number of anilines is 1. The molecule has 0 aliphatic rings. The number of non-ortho nitro benzene ring substituents is 1. The Morgan fingerprint density at radius 1 is 1.00 bits per heavy atom. The summed E-state index contributed by atoms with van der Waals surface area (Å²) in [6, 6.07) is 17.8. The van der Waals surface area contributed by atoms with Crippen molar-refractivity contribution in [2.75, 3.05) is 5.32 Å². The number of nitrogens with zero attached hydrogens (tertiary/aromatic N) is 1. The Balaban J connectivity index is 1.62. The molecule has 28 heavy (non-hydrogen) atoms. The second-order valence-corrected chi connectivity index (χ2v) is 6.66. The molecule has 0 bridgehead atoms. The van der Waals surface area contributed by atoms with Crippen LogP contribution in [0.15, 0.2) is 66.7 Å². The van der Waals surface area contributed by atoms with E-state index in [1.807, 2.05) is 0 Å². The highest BCUT2D eigenvalue weighted by Gasteiger charge is 2.12. The summed E-state index contributed by atoms with van der Waals surface area (Å²) in [6.07, 6.45) is 0. The molecule has 3 rings (SSSR count). The molecule has 0 unspecified atom stereocenters. The Bertz CT molecular complexity index is 1010. The summed E-state index contributed by atoms with van der Waals surface area (Å²) in [7, 11) is 0. The van der Waals surface area contributed by atoms with Gasteiger partial charge in [0.25, 0.3) is 11.6 Å². The number of nitrogens with one attached hydrogen (secondary N) is 1. The van der Waals surface area contributed by atoms with E-state index in [2.05, 4.69) is 5.32 Å². The lowest BCUT2D eigenvalue weighted by Gasteiger charge is -2.09. The van der Waals surface area contributed by atoms with E-state index in [0.717, 1.165) is 5.56 Å². The maximum Gasteiger partial charge on any atom is 0.271 e. The molecule has 0 aliphatic carbocycles. The van der Waals surface area contributed by atoms with Crippen LogP contribution < -0.4 is 10.1 Å². The summed E-state index contributed by atoms with van der Waals surface area (Å²) in [4.78, 5) is 22.5. The molecule has 0 saturated heterocycles. The number of carbonyl (C=O) groups is 1. The van der Waals surface area contributed by atoms with E-state index >= 15 is 0 Å². The van der Waals surface area contributed by atoms with Gasteiger partial charge in [-0.2, -0.15) is 0 Å². The maximum absolute atomic E-state index is 12.4. The number of halogens is 2. The van der Waals surface area contributed by atoms with E-state index in [1.165, 1.54) is 18.2 Å². The zero-order chi connectivity index (χ0) is 20.1. The minimum atomic E-state index is -0.553. The Morgan fingerprint density at radius 2 is 1.68 bits per heavy atom. The Hall–Kier alpha value is -3.09. The lowest BCUT2D eigenvalue weighted by Crippen LogP contribution is -2.12. The number of nitro benzene ring substituents is 1. The van der Waals surface area contributed by atoms with E-state index in [0.29, 0.717) is 28.6 Å². The molecule has 0 saturated carbocycles. The van der Waals surface area contributed by atoms with Crippen LogP contribution in [-0.2, 0) is 6.61 Å². The fraction of sp³-hybridized carbons (Fsp3) is 0.0500. The smallest absolute Gasteiger partial charge is 0.271 e. The van der Waals surface area contributed by atoms with Crippen molar-refractivity contribution in [1.82, 2.24) is 0 Å². The Labute approximate surface area is 170 Å². The zero-order valence-electron chi connectivity index (χ0n) is 14.4. The predicted octanol–water partition coefficient (Wildman–Crippen LogP) is 5.73. The number of hydrogen-bond acceptors (Lipinski definition) is 4. The van der Waals surface area contributed by atoms with Crippen LogP contribution >= 0.6 is 23.2 Å². The van der Waals surface area contributed by atoms with E-state index in [-0.39, 0.29) is 16.6 Å². The quantitative estimate of drug-likeness (QED) is 0.410. The second kappa shape index (κ2) is 8.73. The van der Waals surface area contributed by atoms with Gasteiger partial charge in [-0.15, -0.1) is 0 Å². The lowest BCUT2D eigenvalue weighted by molar-refractivity contribution is -0.384. The number of hydrogen-bond donors (Lipinski definition) is 1. The third-order valence-electron chi connectivity index (χ3n) is 3.85. The van der Waals surface area contributed by atoms with Gasteiger partial charge in [0.1, 0.15) is 12.4 Å². The molecule has 1 amide bonds. The van der Waals surface area contributed by atoms with Gasteiger partial charge in [-0.25, -0.2) is 0 Å². The first-order valence-corrected chi connectivity index (χ1v) is 8.90. The summed E-state index contributed by atoms with van der Waals surface area (Å²) in [6.45, 7) is 0.345. The SMILES string of the molecule is O=C(Nc1ccc([N+](=O)[O-])cc1Cl)c1ccc(COc2ccc(Cl)cc2)cc1. The van der Waals surface area contributed by atoms with Gasteiger partial charge in [-0.3, -0.25) is 14.9 Å². The van der Waals surface area contributed by atoms with Crippen molar-refractivity contribution in [2.45, 2.75) is 6.61 Å². The molecule has 0 aromatic heterocycles. The van der Waals surface area contributed by atoms with Crippen molar-refractivity contribution in [3.8, 4) is 5.75 Å². The standard InChI is InChI=1S/C20H14Cl2N2O4/c21-15-5-8-17(9-6-15)28-12-13-1-3-14(4-2-13)20(25)23-19-10-7-16(24(26)27)11-18(19)22/h1-11H,12H2,(H,23,25). The van der Waals surface area contributed by atoms with Crippen LogP contribution in [0.25, 0.3) is 0 Å². The van der Waals surface area contributed by atoms with Crippen molar-refractivity contribution >= 4 is 40.5 Å². The second-order valence-electron chi connectivity index (χ2n) is 5.81. The molecule has 6 nitrogen and oxygen atoms in total. The van der Waals surface area contributed by atoms with Gasteiger partial charge in [0.2, 0.25) is 0 Å². The van der Waals surface area contributed by atoms with Crippen LogP contribution in [0, 0.1) is 10.1 Å². The number of ether oxygens (including phenoxy) is 1. The maximum atomic E-state index is 12.4. The molecule has 8 heteroatoms. The monoisotopic (exact) mass is 416 g/mol. The molecule has 0 radical (unpaired) electrons. The van der Waals surface area contributed by atoms with Crippen molar-refractivity contribution in [1.29, 1.82) is 0 Å². The van der Waals surface area contributed by atoms with Gasteiger partial charge in [0.15, 0.2) is 0 Å². The number of carbonyl (C=O) groups excluding carboxylic acids is 1. The zero-order valence-corrected chi connectivity index (χ0v) is 15.9. The number of amides is 1. The fourth-order valence-electron chi connectivity index (χ4n) is 2.36. The molecule has 0 atom stereocenters. The van der Waals surface area contributed by atoms with Crippen LogP contribution in [0.4, 0.5) is 11.4 Å². The summed E-state index contributed by atoms with van der Waals surface area (Å²) >= 11 is 11.8. The summed E-state index contributed by atoms with van der Waals surface area (Å²) in [5.41, 5.74) is 1.46. The van der Waals surface area contributed by atoms with Crippen molar-refractivity contribution in [2.24, 2.45) is 0 Å². The molecule has 0 spiro atoms. The molecule has 1 N–H and O–H groups in total. The first-order chi connectivity index (χ1) is 13.4. The Morgan fingerprint density at radius 3 is 2.29 bits per heavy atom. The highest BCUT2D eigenvalue weighted by atomic mass is 35.5. The largest absolute Gasteiger partial charge is 0.489 e. The average Bonchev–Trinajstić information content (AvgIpc) is 2.69. The van der Waals surface area contributed by atoms with E-state index in [1.54, 1.807) is 48.5 Å². The number of benzene rings is 3. The Kier molecular flexibility index (Phi) is 6.13. The predicted molar refractivity (Wildman–Crippen MR) is 108 cm³/mol. The molecular weight excluding hydrogens is 403 g/mol. The van der Waals surface area contributed by atoms with Crippen LogP contribution in [0.1, 0.15) is 15.9 Å². The van der Waals surface area contributed by atoms with Crippen molar-refractivity contribution < 1.29 is 14.5 Å². The number of nitro groups is 1. The van der Waals surface area contributed by atoms with Gasteiger partial charge < -0.3 is 10.1 Å². The lowest BCUT2D eigenvalue weighted by atomic mass is 10.1. The van der Waals surface area contributed by atoms with Gasteiger partial charge in [0, 0.05) is 22.7 Å². The molecule has 3 aromatic carbocycles. The summed E-state index contributed by atoms with van der Waals surface area (Å²) in [5, 5.41) is 14.1. The van der Waals surface area contributed by atoms with Gasteiger partial charge in [-0.05, 0) is 48.0 Å². The van der Waals surface area contributed by atoms with Gasteiger partial charge in [0.05, 0.1) is 15.6 Å². The highest BCUT2D eigenvalue weighted by Crippen LogP contribution is 2.27. The van der Waals surface area contributed by atoms with Crippen LogP contribution in [0.3, 0.4) is 0 Å². The summed E-state index contributed by atoms with van der Waals surface area (Å²) < 4.78 is 5.66. The minimum absolute atomic E-state index is 0.0931. The molecule has 3 aromatic rings. The third kappa shape index (κ3) is 5.00. The van der Waals surface area contributed by atoms with Crippen LogP contribution in [0.2, 0.25) is 10.0 Å². The average molecular weight is 417 g/mol. The molecule has 0 aliphatic heterocycles. The number of rotatable bonds is 6. The third-order valence-corrected chi connectivity index (χ3v) is 4.41. The molecule has 0 fully saturated rings.